The van der Waals surface area contributed by atoms with Crippen LogP contribution < -0.4 is 25.4 Å². The molecule has 71 heavy (non-hydrogen) atoms. The lowest BCUT2D eigenvalue weighted by molar-refractivity contribution is -0.463. The van der Waals surface area contributed by atoms with E-state index in [-0.39, 0.29) is 71.0 Å². The second kappa shape index (κ2) is 19.9. The van der Waals surface area contributed by atoms with Gasteiger partial charge >= 0.3 is 11.9 Å². The Morgan fingerprint density at radius 2 is 1.80 bits per heavy atom. The zero-order valence-electron chi connectivity index (χ0n) is 38.9. The number of aliphatic imine (C=N–C) groups is 1. The number of amides is 3. The maximum atomic E-state index is 14.0. The Morgan fingerprint density at radius 3 is 2.54 bits per heavy atom. The first-order chi connectivity index (χ1) is 33.9. The molecule has 3 saturated heterocycles. The Hall–Kier alpha value is -6.56. The number of hydrogen-bond acceptors (Lipinski definition) is 12. The van der Waals surface area contributed by atoms with Crippen molar-refractivity contribution in [2.75, 3.05) is 44.2 Å². The highest BCUT2D eigenvalue weighted by Crippen LogP contribution is 2.46. The van der Waals surface area contributed by atoms with E-state index in [0.29, 0.717) is 58.0 Å². The van der Waals surface area contributed by atoms with E-state index in [0.717, 1.165) is 58.0 Å². The number of rotatable bonds is 16. The number of aromatic carboxylic acids is 1. The van der Waals surface area contributed by atoms with Gasteiger partial charge in [-0.05, 0) is 106 Å². The number of thiophene rings is 1. The number of piperidine rings is 3. The molecule has 20 heteroatoms. The van der Waals surface area contributed by atoms with Crippen LogP contribution in [0.15, 0.2) is 77.5 Å². The van der Waals surface area contributed by atoms with Gasteiger partial charge in [-0.2, -0.15) is 4.31 Å². The molecule has 2 atom stereocenters. The Labute approximate surface area is 417 Å². The summed E-state index contributed by atoms with van der Waals surface area (Å²) in [5.74, 6) is -4.05. The lowest BCUT2D eigenvalue weighted by atomic mass is 9.85. The Bertz CT molecular complexity index is 3280. The van der Waals surface area contributed by atoms with Crippen LogP contribution in [0.1, 0.15) is 79.1 Å². The molecule has 368 valence electrons. The van der Waals surface area contributed by atoms with Gasteiger partial charge in [0.25, 0.3) is 11.6 Å². The molecule has 3 amide bonds. The van der Waals surface area contributed by atoms with Gasteiger partial charge in [0, 0.05) is 63.0 Å². The Morgan fingerprint density at radius 1 is 1.03 bits per heavy atom. The summed E-state index contributed by atoms with van der Waals surface area (Å²) in [7, 11) is -3.81. The van der Waals surface area contributed by atoms with E-state index in [9.17, 15) is 42.4 Å². The van der Waals surface area contributed by atoms with Gasteiger partial charge in [0.2, 0.25) is 28.4 Å². The minimum absolute atomic E-state index is 0.0115. The molecule has 1 aromatic heterocycles. The number of nitrogens with zero attached hydrogens (tertiary/aromatic N) is 5. The number of likely N-dealkylation sites (tertiary alicyclic amines) is 1. The fraction of sp³-hybridized carbons (Fsp3) is 0.373. The van der Waals surface area contributed by atoms with Crippen LogP contribution in [0.5, 0.6) is 5.75 Å². The zero-order valence-corrected chi connectivity index (χ0v) is 41.2. The van der Waals surface area contributed by atoms with Gasteiger partial charge in [0.15, 0.2) is 17.2 Å². The molecule has 3 fully saturated rings. The monoisotopic (exact) mass is 1020 g/mol. The number of benzene rings is 3. The third-order valence-electron chi connectivity index (χ3n) is 13.7. The summed E-state index contributed by atoms with van der Waals surface area (Å²) in [6, 6.07) is 16.9. The number of nitroso groups, excluding NO2 is 1. The Balaban J connectivity index is 0.782. The largest absolute Gasteiger partial charge is 0.479 e. The van der Waals surface area contributed by atoms with E-state index in [1.165, 1.54) is 9.21 Å². The second-order valence-electron chi connectivity index (χ2n) is 18.9. The van der Waals surface area contributed by atoms with E-state index in [1.54, 1.807) is 60.8 Å². The summed E-state index contributed by atoms with van der Waals surface area (Å²) < 4.78 is 35.7. The first-order valence-corrected chi connectivity index (χ1v) is 26.1. The van der Waals surface area contributed by atoms with Crippen LogP contribution in [-0.4, -0.2) is 119 Å². The van der Waals surface area contributed by atoms with E-state index in [4.69, 9.17) is 26.4 Å². The summed E-state index contributed by atoms with van der Waals surface area (Å²) in [4.78, 5) is 83.3. The predicted octanol–water partition coefficient (Wildman–Crippen LogP) is 5.65. The summed E-state index contributed by atoms with van der Waals surface area (Å²) >= 11 is 7.36. The van der Waals surface area contributed by atoms with Crippen LogP contribution in [0.3, 0.4) is 0 Å². The van der Waals surface area contributed by atoms with Crippen LogP contribution in [0.4, 0.5) is 17.1 Å². The minimum atomic E-state index is -3.81. The zero-order chi connectivity index (χ0) is 50.4. The Kier molecular flexibility index (Phi) is 13.9. The molecule has 5 heterocycles. The molecule has 17 nitrogen and oxygen atoms in total. The van der Waals surface area contributed by atoms with Crippen molar-refractivity contribution < 1.29 is 52.1 Å². The standard InChI is InChI=1S/C51H49ClN6O11S2/c1-51(2)26-31(27-53-34-8-4-7-33(25-34)46-44(52)45(69-28-42(60)61)47(70-46)50(64)65)16-21-57(51)71(67,68)29-30-6-3-9-35(24-30)56(66)23-22-55-19-17-32(18-20-55)36-12-13-39-43-37(36)10-5-11-38(43)49(63)58(39)40-14-15-41(59)54-48(40)62/h3-4,6-9,11-13,24-25,27,31-32,40H,14-23,26,28-29H2,1-2H3,(H2-,54,59,60,61,62,64,65)/p+1. The average molecular weight is 1020 g/mol. The third kappa shape index (κ3) is 10.2. The topological polar surface area (TPSA) is 223 Å². The van der Waals surface area contributed by atoms with Crippen LogP contribution in [0, 0.1) is 10.8 Å². The van der Waals surface area contributed by atoms with Crippen LogP contribution in [0.2, 0.25) is 5.02 Å². The van der Waals surface area contributed by atoms with Crippen molar-refractivity contribution in [2.24, 2.45) is 10.9 Å². The summed E-state index contributed by atoms with van der Waals surface area (Å²) in [5, 5.41) is 22.6. The molecule has 0 saturated carbocycles. The molecule has 1 aliphatic carbocycles. The van der Waals surface area contributed by atoms with Gasteiger partial charge in [-0.25, -0.2) is 18.0 Å². The number of sulfonamides is 1. The summed E-state index contributed by atoms with van der Waals surface area (Å²) in [6.45, 7) is 5.47. The first kappa shape index (κ1) is 49.4. The first-order valence-electron chi connectivity index (χ1n) is 23.3. The number of hydrogen-bond donors (Lipinski definition) is 3. The predicted molar refractivity (Wildman–Crippen MR) is 266 cm³/mol. The quantitative estimate of drug-likeness (QED) is 0.0536. The highest BCUT2D eigenvalue weighted by molar-refractivity contribution is 7.88. The smallest absolute Gasteiger partial charge is 0.349 e. The number of aliphatic carboxylic acids is 1. The van der Waals surface area contributed by atoms with E-state index >= 15 is 0 Å². The van der Waals surface area contributed by atoms with Gasteiger partial charge in [0.05, 0.1) is 34.1 Å². The molecule has 4 aromatic rings. The maximum Gasteiger partial charge on any atom is 0.349 e. The van der Waals surface area contributed by atoms with E-state index in [2.05, 4.69) is 21.7 Å². The average Bonchev–Trinajstić information content (AvgIpc) is 3.82. The van der Waals surface area contributed by atoms with Crippen molar-refractivity contribution in [3.05, 3.63) is 109 Å². The number of halogens is 1. The molecular weight excluding hydrogens is 972 g/mol. The van der Waals surface area contributed by atoms with Gasteiger partial charge in [-0.3, -0.25) is 34.5 Å². The second-order valence-corrected chi connectivity index (χ2v) is 22.2. The number of carboxylic acid groups (broad SMARTS) is 2. The van der Waals surface area contributed by atoms with Crippen LogP contribution >= 0.6 is 22.9 Å². The number of ether oxygens (including phenoxy) is 1. The molecule has 4 aliphatic heterocycles. The molecule has 3 N–H and O–H groups in total. The number of imide groups is 1. The lowest BCUT2D eigenvalue weighted by Crippen LogP contribution is -2.54. The molecule has 5 aliphatic rings. The maximum absolute atomic E-state index is 14.0. The fourth-order valence-corrected chi connectivity index (χ4v) is 13.7. The number of nitrogens with one attached hydrogen (secondary N) is 1. The van der Waals surface area contributed by atoms with Crippen molar-refractivity contribution >= 4 is 97.2 Å². The number of carbonyl (C=O) groups is 5. The minimum Gasteiger partial charge on any atom is -0.479 e. The van der Waals surface area contributed by atoms with Crippen molar-refractivity contribution in [1.29, 1.82) is 0 Å². The number of anilines is 1. The van der Waals surface area contributed by atoms with Gasteiger partial charge in [0.1, 0.15) is 11.1 Å². The molecule has 9 rings (SSSR count). The molecule has 0 radical (unpaired) electrons. The van der Waals surface area contributed by atoms with Crippen molar-refractivity contribution in [1.82, 2.24) is 14.5 Å². The highest BCUT2D eigenvalue weighted by atomic mass is 35.5. The molecule has 2 unspecified atom stereocenters. The molecular formula is C51H50ClN6O11S2+. The lowest BCUT2D eigenvalue weighted by Gasteiger charge is -2.43. The van der Waals surface area contributed by atoms with Crippen LogP contribution in [0.25, 0.3) is 21.7 Å². The van der Waals surface area contributed by atoms with Gasteiger partial charge < -0.3 is 14.9 Å². The SMILES string of the molecule is CC1(C)CC(C=Nc2cccc(-c3sc(C(=O)O)c(OCC(=O)O)c3Cl)c2)CCN1S(=O)(=O)Cc1cccc([N+](=O)CCN2CCC(c3ccc4c5c3=C=C=CC=5C(=O)N4C3CCC(=O)NC3=O)CC2)c1. The van der Waals surface area contributed by atoms with E-state index in [1.807, 2.05) is 26.0 Å². The van der Waals surface area contributed by atoms with Gasteiger partial charge in [-0.1, -0.05) is 53.4 Å². The molecule has 0 bridgehead atoms. The van der Waals surface area contributed by atoms with Gasteiger partial charge in [-0.15, -0.1) is 11.3 Å². The number of carboxylic acids is 2. The van der Waals surface area contributed by atoms with E-state index < -0.39 is 46.1 Å². The third-order valence-corrected chi connectivity index (χ3v) is 17.4. The summed E-state index contributed by atoms with van der Waals surface area (Å²) in [5.41, 5.74) is 9.69. The van der Waals surface area contributed by atoms with Crippen molar-refractivity contribution in [3.8, 4) is 16.2 Å². The summed E-state index contributed by atoms with van der Waals surface area (Å²) in [6.07, 6.45) is 6.48. The molecule has 0 spiro atoms. The molecule has 3 aromatic carbocycles. The van der Waals surface area contributed by atoms with Crippen LogP contribution in [-0.2, 0) is 35.0 Å². The van der Waals surface area contributed by atoms with Crippen molar-refractivity contribution in [3.63, 3.8) is 0 Å². The highest BCUT2D eigenvalue weighted by Gasteiger charge is 2.43. The fourth-order valence-electron chi connectivity index (χ4n) is 10.4. The van der Waals surface area contributed by atoms with Crippen molar-refractivity contribution in [2.45, 2.75) is 75.6 Å². The normalized spacial score (nSPS) is 20.3. The number of carbonyl (C=O) groups excluding carboxylic acids is 3.